The highest BCUT2D eigenvalue weighted by molar-refractivity contribution is 5.51. The molecule has 1 unspecified atom stereocenters. The van der Waals surface area contributed by atoms with Crippen molar-refractivity contribution in [2.75, 3.05) is 5.32 Å². The molecule has 0 radical (unpaired) electrons. The van der Waals surface area contributed by atoms with Crippen LogP contribution in [0.1, 0.15) is 38.2 Å². The van der Waals surface area contributed by atoms with Crippen LogP contribution in [0.5, 0.6) is 0 Å². The van der Waals surface area contributed by atoms with Gasteiger partial charge in [-0.1, -0.05) is 19.8 Å². The highest BCUT2D eigenvalue weighted by atomic mass is 19.1. The number of nitrogens with zero attached hydrogens (tertiary/aromatic N) is 1. The van der Waals surface area contributed by atoms with E-state index in [2.05, 4.69) is 5.32 Å². The molecule has 1 N–H and O–H groups in total. The van der Waals surface area contributed by atoms with Crippen molar-refractivity contribution in [3.05, 3.63) is 29.3 Å². The first-order valence-electron chi connectivity index (χ1n) is 6.29. The Morgan fingerprint density at radius 1 is 1.39 bits per heavy atom. The van der Waals surface area contributed by atoms with Crippen LogP contribution in [0.15, 0.2) is 12.1 Å². The van der Waals surface area contributed by atoms with E-state index in [-0.39, 0.29) is 17.3 Å². The molecule has 96 valence electrons. The Morgan fingerprint density at radius 3 is 2.44 bits per heavy atom. The van der Waals surface area contributed by atoms with Gasteiger partial charge >= 0.3 is 0 Å². The van der Waals surface area contributed by atoms with Crippen LogP contribution < -0.4 is 5.32 Å². The first kappa shape index (κ1) is 12.8. The van der Waals surface area contributed by atoms with Crippen molar-refractivity contribution < 1.29 is 8.78 Å². The highest BCUT2D eigenvalue weighted by Gasteiger charge is 2.25. The lowest BCUT2D eigenvalue weighted by Gasteiger charge is -2.19. The third kappa shape index (κ3) is 2.98. The molecule has 0 aromatic heterocycles. The van der Waals surface area contributed by atoms with Gasteiger partial charge < -0.3 is 5.32 Å². The van der Waals surface area contributed by atoms with Crippen molar-refractivity contribution in [2.24, 2.45) is 5.92 Å². The summed E-state index contributed by atoms with van der Waals surface area (Å²) in [6.45, 7) is 2.00. The average Bonchev–Trinajstić information content (AvgIpc) is 3.15. The van der Waals surface area contributed by atoms with E-state index in [0.717, 1.165) is 25.0 Å². The molecule has 1 aliphatic rings. The first-order valence-corrected chi connectivity index (χ1v) is 6.29. The van der Waals surface area contributed by atoms with Gasteiger partial charge in [0.2, 0.25) is 0 Å². The lowest BCUT2D eigenvalue weighted by atomic mass is 10.1. The number of nitrogens with one attached hydrogen (secondary N) is 1. The molecule has 0 bridgehead atoms. The molecule has 0 heterocycles. The van der Waals surface area contributed by atoms with Crippen LogP contribution in [0.2, 0.25) is 0 Å². The van der Waals surface area contributed by atoms with E-state index in [4.69, 9.17) is 5.26 Å². The molecule has 1 fully saturated rings. The van der Waals surface area contributed by atoms with Gasteiger partial charge in [0.25, 0.3) is 0 Å². The summed E-state index contributed by atoms with van der Waals surface area (Å²) < 4.78 is 27.4. The Morgan fingerprint density at radius 2 is 2.00 bits per heavy atom. The summed E-state index contributed by atoms with van der Waals surface area (Å²) in [5.41, 5.74) is -0.104. The number of rotatable bonds is 5. The van der Waals surface area contributed by atoms with Gasteiger partial charge in [-0.2, -0.15) is 5.26 Å². The second kappa shape index (κ2) is 5.34. The first-order chi connectivity index (χ1) is 8.63. The predicted octanol–water partition coefficient (Wildman–Crippen LogP) is 3.83. The molecular weight excluding hydrogens is 234 g/mol. The third-order valence-corrected chi connectivity index (χ3v) is 3.33. The monoisotopic (exact) mass is 250 g/mol. The summed E-state index contributed by atoms with van der Waals surface area (Å²) in [4.78, 5) is 0. The Labute approximate surface area is 106 Å². The molecule has 0 aliphatic heterocycles. The van der Waals surface area contributed by atoms with Gasteiger partial charge in [0.15, 0.2) is 11.6 Å². The van der Waals surface area contributed by atoms with Crippen LogP contribution in [0.25, 0.3) is 0 Å². The largest absolute Gasteiger partial charge is 0.378 e. The standard InChI is InChI=1S/C14H16F2N2/c1-2-11(5-9-3-4-9)18-14-12(15)6-10(8-17)7-13(14)16/h6-7,9,11,18H,2-5H2,1H3. The van der Waals surface area contributed by atoms with Crippen LogP contribution in [-0.2, 0) is 0 Å². The van der Waals surface area contributed by atoms with Crippen LogP contribution in [0.3, 0.4) is 0 Å². The van der Waals surface area contributed by atoms with Crippen LogP contribution in [-0.4, -0.2) is 6.04 Å². The van der Waals surface area contributed by atoms with Gasteiger partial charge in [0.05, 0.1) is 11.6 Å². The molecule has 1 aromatic carbocycles. The van der Waals surface area contributed by atoms with Crippen molar-refractivity contribution in [3.63, 3.8) is 0 Å². The van der Waals surface area contributed by atoms with Crippen LogP contribution in [0, 0.1) is 28.9 Å². The van der Waals surface area contributed by atoms with E-state index in [9.17, 15) is 8.78 Å². The van der Waals surface area contributed by atoms with Gasteiger partial charge in [-0.3, -0.25) is 0 Å². The summed E-state index contributed by atoms with van der Waals surface area (Å²) in [6.07, 6.45) is 4.22. The fraction of sp³-hybridized carbons (Fsp3) is 0.500. The predicted molar refractivity (Wildman–Crippen MR) is 66.1 cm³/mol. The molecule has 1 aliphatic carbocycles. The zero-order valence-electron chi connectivity index (χ0n) is 10.3. The maximum absolute atomic E-state index is 13.7. The number of nitriles is 1. The second-order valence-corrected chi connectivity index (χ2v) is 4.86. The molecule has 0 amide bonds. The number of benzene rings is 1. The SMILES string of the molecule is CCC(CC1CC1)Nc1c(F)cc(C#N)cc1F. The summed E-state index contributed by atoms with van der Waals surface area (Å²) >= 11 is 0. The van der Waals surface area contributed by atoms with Crippen LogP contribution in [0.4, 0.5) is 14.5 Å². The molecule has 0 saturated heterocycles. The summed E-state index contributed by atoms with van der Waals surface area (Å²) in [5.74, 6) is -0.687. The van der Waals surface area contributed by atoms with E-state index in [0.29, 0.717) is 5.92 Å². The minimum absolute atomic E-state index is 0.00536. The molecular formula is C14H16F2N2. The quantitative estimate of drug-likeness (QED) is 0.862. The van der Waals surface area contributed by atoms with Gasteiger partial charge in [0, 0.05) is 6.04 Å². The van der Waals surface area contributed by atoms with Gasteiger partial charge in [-0.25, -0.2) is 8.78 Å². The van der Waals surface area contributed by atoms with Crippen LogP contribution >= 0.6 is 0 Å². The number of anilines is 1. The number of halogens is 2. The van der Waals surface area contributed by atoms with E-state index in [1.165, 1.54) is 12.8 Å². The molecule has 2 rings (SSSR count). The Kier molecular flexibility index (Phi) is 3.81. The maximum Gasteiger partial charge on any atom is 0.150 e. The third-order valence-electron chi connectivity index (χ3n) is 3.33. The lowest BCUT2D eigenvalue weighted by Crippen LogP contribution is -2.20. The number of hydrogen-bond donors (Lipinski definition) is 1. The zero-order chi connectivity index (χ0) is 13.1. The van der Waals surface area contributed by atoms with Gasteiger partial charge in [-0.15, -0.1) is 0 Å². The van der Waals surface area contributed by atoms with Gasteiger partial charge in [-0.05, 0) is 30.9 Å². The minimum Gasteiger partial charge on any atom is -0.378 e. The van der Waals surface area contributed by atoms with Gasteiger partial charge in [0.1, 0.15) is 5.69 Å². The molecule has 4 heteroatoms. The minimum atomic E-state index is -0.694. The van der Waals surface area contributed by atoms with Crippen molar-refractivity contribution in [3.8, 4) is 6.07 Å². The molecule has 1 aromatic rings. The average molecular weight is 250 g/mol. The van der Waals surface area contributed by atoms with Crippen molar-refractivity contribution in [1.82, 2.24) is 0 Å². The van der Waals surface area contributed by atoms with Crippen molar-refractivity contribution in [1.29, 1.82) is 5.26 Å². The maximum atomic E-state index is 13.7. The fourth-order valence-corrected chi connectivity index (χ4v) is 2.06. The molecule has 18 heavy (non-hydrogen) atoms. The second-order valence-electron chi connectivity index (χ2n) is 4.86. The zero-order valence-corrected chi connectivity index (χ0v) is 10.3. The summed E-state index contributed by atoms with van der Waals surface area (Å²) in [6, 6.07) is 3.96. The summed E-state index contributed by atoms with van der Waals surface area (Å²) in [7, 11) is 0. The molecule has 1 saturated carbocycles. The van der Waals surface area contributed by atoms with E-state index in [1.807, 2.05) is 6.92 Å². The van der Waals surface area contributed by atoms with E-state index >= 15 is 0 Å². The summed E-state index contributed by atoms with van der Waals surface area (Å²) in [5, 5.41) is 11.6. The van der Waals surface area contributed by atoms with Crippen molar-refractivity contribution >= 4 is 5.69 Å². The normalized spacial score (nSPS) is 16.1. The fourth-order valence-electron chi connectivity index (χ4n) is 2.06. The lowest BCUT2D eigenvalue weighted by molar-refractivity contribution is 0.554. The molecule has 0 spiro atoms. The van der Waals surface area contributed by atoms with E-state index in [1.54, 1.807) is 6.07 Å². The van der Waals surface area contributed by atoms with Crippen molar-refractivity contribution in [2.45, 2.75) is 38.6 Å². The Bertz CT molecular complexity index is 452. The molecule has 2 nitrogen and oxygen atoms in total. The smallest absolute Gasteiger partial charge is 0.150 e. The topological polar surface area (TPSA) is 35.8 Å². The Balaban J connectivity index is 2.14. The number of hydrogen-bond acceptors (Lipinski definition) is 2. The highest BCUT2D eigenvalue weighted by Crippen LogP contribution is 2.35. The van der Waals surface area contributed by atoms with E-state index < -0.39 is 11.6 Å². The Hall–Kier alpha value is -1.63. The molecule has 1 atom stereocenters.